The second-order valence-corrected chi connectivity index (χ2v) is 5.10. The Labute approximate surface area is 117 Å². The Balaban J connectivity index is 3.02. The molecule has 0 saturated carbocycles. The number of carbonyl (C=O) groups excluding carboxylic acids is 1. The summed E-state index contributed by atoms with van der Waals surface area (Å²) in [6.07, 6.45) is 0. The Hall–Kier alpha value is -1.07. The highest BCUT2D eigenvalue weighted by Gasteiger charge is 2.15. The fourth-order valence-electron chi connectivity index (χ4n) is 1.72. The molecule has 0 heterocycles. The Morgan fingerprint density at radius 1 is 1.39 bits per heavy atom. The van der Waals surface area contributed by atoms with E-state index in [-0.39, 0.29) is 5.91 Å². The summed E-state index contributed by atoms with van der Waals surface area (Å²) in [6, 6.07) is 5.92. The van der Waals surface area contributed by atoms with E-state index in [4.69, 9.17) is 5.73 Å². The Morgan fingerprint density at radius 2 is 2.06 bits per heavy atom. The molecule has 0 aliphatic rings. The van der Waals surface area contributed by atoms with Crippen molar-refractivity contribution < 1.29 is 4.79 Å². The van der Waals surface area contributed by atoms with Crippen molar-refractivity contribution in [3.8, 4) is 0 Å². The van der Waals surface area contributed by atoms with E-state index >= 15 is 0 Å². The van der Waals surface area contributed by atoms with Crippen molar-refractivity contribution in [3.63, 3.8) is 0 Å². The predicted molar refractivity (Wildman–Crippen MR) is 78.6 cm³/mol. The standard InChI is InChI=1S/C13H20BrN3O/c1-4-17(9-13(18)16(2)3)12-7-5-6-11(14)10(12)8-15/h5-7H,4,8-9,15H2,1-3H3. The molecule has 18 heavy (non-hydrogen) atoms. The van der Waals surface area contributed by atoms with Gasteiger partial charge >= 0.3 is 0 Å². The first-order chi connectivity index (χ1) is 8.51. The molecule has 5 heteroatoms. The van der Waals surface area contributed by atoms with Crippen LogP contribution in [0.25, 0.3) is 0 Å². The molecule has 0 aliphatic heterocycles. The lowest BCUT2D eigenvalue weighted by Gasteiger charge is -2.26. The van der Waals surface area contributed by atoms with Gasteiger partial charge in [0, 0.05) is 42.9 Å². The van der Waals surface area contributed by atoms with Crippen molar-refractivity contribution in [2.24, 2.45) is 5.73 Å². The molecule has 1 amide bonds. The molecule has 0 bridgehead atoms. The Kier molecular flexibility index (Phi) is 5.62. The van der Waals surface area contributed by atoms with Crippen molar-refractivity contribution in [2.75, 3.05) is 32.1 Å². The molecular formula is C13H20BrN3O. The van der Waals surface area contributed by atoms with E-state index in [0.29, 0.717) is 13.1 Å². The van der Waals surface area contributed by atoms with Crippen LogP contribution in [0.15, 0.2) is 22.7 Å². The number of nitrogens with two attached hydrogens (primary N) is 1. The van der Waals surface area contributed by atoms with E-state index in [1.807, 2.05) is 30.0 Å². The summed E-state index contributed by atoms with van der Waals surface area (Å²) in [5.41, 5.74) is 7.83. The molecule has 0 spiro atoms. The minimum Gasteiger partial charge on any atom is -0.362 e. The number of nitrogens with zero attached hydrogens (tertiary/aromatic N) is 2. The van der Waals surface area contributed by atoms with Gasteiger partial charge in [0.05, 0.1) is 6.54 Å². The summed E-state index contributed by atoms with van der Waals surface area (Å²) in [7, 11) is 3.53. The van der Waals surface area contributed by atoms with Crippen LogP contribution in [0.1, 0.15) is 12.5 Å². The van der Waals surface area contributed by atoms with Crippen LogP contribution in [0, 0.1) is 0 Å². The summed E-state index contributed by atoms with van der Waals surface area (Å²) in [6.45, 7) is 3.61. The number of benzene rings is 1. The van der Waals surface area contributed by atoms with Crippen molar-refractivity contribution >= 4 is 27.5 Å². The second-order valence-electron chi connectivity index (χ2n) is 4.24. The first-order valence-corrected chi connectivity index (χ1v) is 6.73. The van der Waals surface area contributed by atoms with Gasteiger partial charge in [-0.3, -0.25) is 4.79 Å². The van der Waals surface area contributed by atoms with Gasteiger partial charge in [0.15, 0.2) is 0 Å². The first kappa shape index (κ1) is 15.0. The number of amides is 1. The Morgan fingerprint density at radius 3 is 2.56 bits per heavy atom. The third-order valence-corrected chi connectivity index (χ3v) is 3.59. The number of halogens is 1. The highest BCUT2D eigenvalue weighted by molar-refractivity contribution is 9.10. The quantitative estimate of drug-likeness (QED) is 0.902. The third-order valence-electron chi connectivity index (χ3n) is 2.85. The topological polar surface area (TPSA) is 49.6 Å². The van der Waals surface area contributed by atoms with E-state index in [2.05, 4.69) is 15.9 Å². The average molecular weight is 314 g/mol. The summed E-state index contributed by atoms with van der Waals surface area (Å²) >= 11 is 3.50. The number of hydrogen-bond donors (Lipinski definition) is 1. The predicted octanol–water partition coefficient (Wildman–Crippen LogP) is 1.82. The van der Waals surface area contributed by atoms with E-state index < -0.39 is 0 Å². The minimum atomic E-state index is 0.0831. The van der Waals surface area contributed by atoms with Crippen LogP contribution in [-0.4, -0.2) is 38.0 Å². The second kappa shape index (κ2) is 6.75. The minimum absolute atomic E-state index is 0.0831. The van der Waals surface area contributed by atoms with E-state index in [1.54, 1.807) is 19.0 Å². The molecule has 0 atom stereocenters. The van der Waals surface area contributed by atoms with Crippen LogP contribution >= 0.6 is 15.9 Å². The van der Waals surface area contributed by atoms with Crippen LogP contribution in [0.5, 0.6) is 0 Å². The molecule has 100 valence electrons. The molecule has 1 rings (SSSR count). The van der Waals surface area contributed by atoms with Gasteiger partial charge in [-0.1, -0.05) is 22.0 Å². The lowest BCUT2D eigenvalue weighted by Crippen LogP contribution is -2.37. The molecule has 1 aromatic carbocycles. The maximum atomic E-state index is 11.8. The summed E-state index contributed by atoms with van der Waals surface area (Å²) in [4.78, 5) is 15.4. The lowest BCUT2D eigenvalue weighted by molar-refractivity contribution is -0.127. The van der Waals surface area contributed by atoms with Crippen LogP contribution < -0.4 is 10.6 Å². The third kappa shape index (κ3) is 3.46. The monoisotopic (exact) mass is 313 g/mol. The van der Waals surface area contributed by atoms with Crippen LogP contribution in [0.4, 0.5) is 5.69 Å². The fourth-order valence-corrected chi connectivity index (χ4v) is 2.24. The van der Waals surface area contributed by atoms with Crippen LogP contribution in [-0.2, 0) is 11.3 Å². The molecule has 0 aromatic heterocycles. The number of likely N-dealkylation sites (N-methyl/N-ethyl adjacent to an activating group) is 2. The summed E-state index contributed by atoms with van der Waals surface area (Å²) in [5.74, 6) is 0.0831. The van der Waals surface area contributed by atoms with Gasteiger partial charge in [-0.25, -0.2) is 0 Å². The molecule has 0 unspecified atom stereocenters. The highest BCUT2D eigenvalue weighted by atomic mass is 79.9. The van der Waals surface area contributed by atoms with Crippen LogP contribution in [0.3, 0.4) is 0 Å². The van der Waals surface area contributed by atoms with E-state index in [1.165, 1.54) is 0 Å². The van der Waals surface area contributed by atoms with Crippen molar-refractivity contribution in [1.29, 1.82) is 0 Å². The van der Waals surface area contributed by atoms with Gasteiger partial charge in [0.2, 0.25) is 5.91 Å². The smallest absolute Gasteiger partial charge is 0.241 e. The maximum absolute atomic E-state index is 11.8. The zero-order valence-corrected chi connectivity index (χ0v) is 12.7. The van der Waals surface area contributed by atoms with Gasteiger partial charge in [-0.2, -0.15) is 0 Å². The number of carbonyl (C=O) groups is 1. The number of rotatable bonds is 5. The molecule has 0 radical (unpaired) electrons. The van der Waals surface area contributed by atoms with Gasteiger partial charge in [0.1, 0.15) is 0 Å². The molecule has 4 nitrogen and oxygen atoms in total. The summed E-state index contributed by atoms with van der Waals surface area (Å²) < 4.78 is 0.984. The SMILES string of the molecule is CCN(CC(=O)N(C)C)c1cccc(Br)c1CN. The largest absolute Gasteiger partial charge is 0.362 e. The Bertz CT molecular complexity index is 421. The van der Waals surface area contributed by atoms with Crippen molar-refractivity contribution in [1.82, 2.24) is 4.90 Å². The maximum Gasteiger partial charge on any atom is 0.241 e. The van der Waals surface area contributed by atoms with E-state index in [0.717, 1.165) is 22.3 Å². The van der Waals surface area contributed by atoms with Gasteiger partial charge in [-0.15, -0.1) is 0 Å². The lowest BCUT2D eigenvalue weighted by atomic mass is 10.1. The molecular weight excluding hydrogens is 294 g/mol. The summed E-state index contributed by atoms with van der Waals surface area (Å²) in [5, 5.41) is 0. The highest BCUT2D eigenvalue weighted by Crippen LogP contribution is 2.27. The molecule has 1 aromatic rings. The van der Waals surface area contributed by atoms with Gasteiger partial charge < -0.3 is 15.5 Å². The fraction of sp³-hybridized carbons (Fsp3) is 0.462. The normalized spacial score (nSPS) is 10.3. The van der Waals surface area contributed by atoms with Gasteiger partial charge in [-0.05, 0) is 19.1 Å². The molecule has 0 fully saturated rings. The van der Waals surface area contributed by atoms with Crippen molar-refractivity contribution in [2.45, 2.75) is 13.5 Å². The zero-order valence-electron chi connectivity index (χ0n) is 11.1. The first-order valence-electron chi connectivity index (χ1n) is 5.93. The average Bonchev–Trinajstić information content (AvgIpc) is 2.35. The molecule has 0 aliphatic carbocycles. The van der Waals surface area contributed by atoms with Crippen molar-refractivity contribution in [3.05, 3.63) is 28.2 Å². The molecule has 0 saturated heterocycles. The zero-order chi connectivity index (χ0) is 13.7. The van der Waals surface area contributed by atoms with Crippen LogP contribution in [0.2, 0.25) is 0 Å². The van der Waals surface area contributed by atoms with E-state index in [9.17, 15) is 4.79 Å². The van der Waals surface area contributed by atoms with Gasteiger partial charge in [0.25, 0.3) is 0 Å². The molecule has 2 N–H and O–H groups in total. The number of anilines is 1. The number of hydrogen-bond acceptors (Lipinski definition) is 3.